The summed E-state index contributed by atoms with van der Waals surface area (Å²) in [6.07, 6.45) is 0.621. The first-order chi connectivity index (χ1) is 11.5. The van der Waals surface area contributed by atoms with Crippen molar-refractivity contribution < 1.29 is 42.5 Å². The van der Waals surface area contributed by atoms with Crippen molar-refractivity contribution >= 4 is 27.9 Å². The van der Waals surface area contributed by atoms with Crippen LogP contribution in [-0.2, 0) is 29.3 Å². The highest BCUT2D eigenvalue weighted by atomic mass is 32.1. The number of hydrogen-bond donors (Lipinski definition) is 5. The first-order valence-corrected chi connectivity index (χ1v) is 10.3. The number of phosphoric ester groups is 1. The molecule has 1 aliphatic heterocycles. The molecular formula is C10H16N2O10P2S. The third kappa shape index (κ3) is 5.90. The van der Waals surface area contributed by atoms with Crippen molar-refractivity contribution in [2.45, 2.75) is 31.8 Å². The Bertz CT molecular complexity index is 832. The molecule has 142 valence electrons. The number of phosphoric acid groups is 2. The molecule has 1 aliphatic rings. The van der Waals surface area contributed by atoms with Crippen LogP contribution in [0.15, 0.2) is 11.0 Å². The van der Waals surface area contributed by atoms with Crippen LogP contribution in [0.3, 0.4) is 0 Å². The molecule has 0 bridgehead atoms. The SMILES string of the molecule is O=c1[nH]c(=S)c(CO)cn1[C@H]1CC[C@@H](COP(=O)(O)OP(=O)(O)O)O1. The van der Waals surface area contributed by atoms with Gasteiger partial charge in [-0.2, -0.15) is 4.31 Å². The van der Waals surface area contributed by atoms with Gasteiger partial charge in [-0.1, -0.05) is 12.2 Å². The van der Waals surface area contributed by atoms with E-state index in [0.29, 0.717) is 18.4 Å². The van der Waals surface area contributed by atoms with Crippen LogP contribution in [0.1, 0.15) is 24.6 Å². The lowest BCUT2D eigenvalue weighted by atomic mass is 10.2. The Balaban J connectivity index is 2.01. The van der Waals surface area contributed by atoms with Crippen LogP contribution >= 0.6 is 27.9 Å². The third-order valence-corrected chi connectivity index (χ3v) is 5.76. The van der Waals surface area contributed by atoms with Crippen LogP contribution in [0.25, 0.3) is 0 Å². The van der Waals surface area contributed by atoms with E-state index in [-0.39, 0.29) is 11.2 Å². The summed E-state index contributed by atoms with van der Waals surface area (Å²) in [7, 11) is -10.1. The number of hydrogen-bond acceptors (Lipinski definition) is 8. The second-order valence-corrected chi connectivity index (χ2v) is 8.34. The molecule has 1 aromatic heterocycles. The van der Waals surface area contributed by atoms with E-state index in [4.69, 9.17) is 26.7 Å². The lowest BCUT2D eigenvalue weighted by Gasteiger charge is -2.18. The minimum Gasteiger partial charge on any atom is -0.392 e. The first-order valence-electron chi connectivity index (χ1n) is 6.85. The highest BCUT2D eigenvalue weighted by molar-refractivity contribution is 7.71. The van der Waals surface area contributed by atoms with Crippen LogP contribution in [0.2, 0.25) is 0 Å². The molecular weight excluding hydrogens is 402 g/mol. The Morgan fingerprint density at radius 2 is 2.04 bits per heavy atom. The van der Waals surface area contributed by atoms with Gasteiger partial charge in [0, 0.05) is 11.8 Å². The highest BCUT2D eigenvalue weighted by Crippen LogP contribution is 2.57. The number of aliphatic hydroxyl groups is 1. The van der Waals surface area contributed by atoms with Gasteiger partial charge in [-0.15, -0.1) is 0 Å². The quantitative estimate of drug-likeness (QED) is 0.303. The third-order valence-electron chi connectivity index (χ3n) is 3.24. The topological polar surface area (TPSA) is 181 Å². The minimum atomic E-state index is -5.19. The van der Waals surface area contributed by atoms with Crippen molar-refractivity contribution in [2.24, 2.45) is 0 Å². The first kappa shape index (κ1) is 20.6. The summed E-state index contributed by atoms with van der Waals surface area (Å²) in [6, 6.07) is 0. The molecule has 1 fully saturated rings. The van der Waals surface area contributed by atoms with Crippen LogP contribution in [0, 0.1) is 4.64 Å². The van der Waals surface area contributed by atoms with Crippen LogP contribution in [0.4, 0.5) is 0 Å². The fourth-order valence-electron chi connectivity index (χ4n) is 2.20. The molecule has 1 unspecified atom stereocenters. The average Bonchev–Trinajstić information content (AvgIpc) is 2.92. The smallest absolute Gasteiger partial charge is 0.392 e. The lowest BCUT2D eigenvalue weighted by Crippen LogP contribution is -2.28. The lowest BCUT2D eigenvalue weighted by molar-refractivity contribution is -0.0245. The molecule has 0 radical (unpaired) electrons. The van der Waals surface area contributed by atoms with Crippen LogP contribution in [-0.4, -0.2) is 42.0 Å². The van der Waals surface area contributed by atoms with Gasteiger partial charge in [0.25, 0.3) is 0 Å². The van der Waals surface area contributed by atoms with Gasteiger partial charge < -0.3 is 24.5 Å². The van der Waals surface area contributed by atoms with Gasteiger partial charge in [-0.25, -0.2) is 13.9 Å². The van der Waals surface area contributed by atoms with Gasteiger partial charge in [0.15, 0.2) is 0 Å². The van der Waals surface area contributed by atoms with Gasteiger partial charge >= 0.3 is 21.3 Å². The molecule has 1 saturated heterocycles. The van der Waals surface area contributed by atoms with Crippen molar-refractivity contribution in [3.8, 4) is 0 Å². The molecule has 2 rings (SSSR count). The average molecular weight is 418 g/mol. The number of ether oxygens (including phenoxy) is 1. The van der Waals surface area contributed by atoms with E-state index >= 15 is 0 Å². The predicted molar refractivity (Wildman–Crippen MR) is 83.9 cm³/mol. The number of H-pyrrole nitrogens is 1. The summed E-state index contributed by atoms with van der Waals surface area (Å²) in [5.41, 5.74) is -0.223. The van der Waals surface area contributed by atoms with Crippen LogP contribution in [0.5, 0.6) is 0 Å². The van der Waals surface area contributed by atoms with E-state index in [0.717, 1.165) is 0 Å². The van der Waals surface area contributed by atoms with Crippen LogP contribution < -0.4 is 5.69 Å². The van der Waals surface area contributed by atoms with Gasteiger partial charge in [-0.3, -0.25) is 14.1 Å². The molecule has 15 heteroatoms. The molecule has 0 saturated carbocycles. The zero-order chi connectivity index (χ0) is 18.8. The molecule has 0 amide bonds. The van der Waals surface area contributed by atoms with E-state index in [9.17, 15) is 23.9 Å². The molecule has 5 N–H and O–H groups in total. The molecule has 0 aliphatic carbocycles. The van der Waals surface area contributed by atoms with Crippen molar-refractivity contribution in [3.05, 3.63) is 26.9 Å². The number of aromatic amines is 1. The second-order valence-electron chi connectivity index (χ2n) is 5.11. The molecule has 2 heterocycles. The van der Waals surface area contributed by atoms with E-state index in [1.165, 1.54) is 10.8 Å². The number of nitrogens with zero attached hydrogens (tertiary/aromatic N) is 1. The maximum Gasteiger partial charge on any atom is 0.481 e. The number of nitrogens with one attached hydrogen (secondary N) is 1. The maximum atomic E-state index is 11.9. The fraction of sp³-hybridized carbons (Fsp3) is 0.600. The van der Waals surface area contributed by atoms with E-state index < -0.39 is 40.3 Å². The summed E-state index contributed by atoms with van der Waals surface area (Å²) >= 11 is 4.90. The van der Waals surface area contributed by atoms with E-state index in [1.54, 1.807) is 0 Å². The largest absolute Gasteiger partial charge is 0.481 e. The normalized spacial score (nSPS) is 23.5. The molecule has 1 aromatic rings. The van der Waals surface area contributed by atoms with Gasteiger partial charge in [0.1, 0.15) is 10.9 Å². The fourth-order valence-corrected chi connectivity index (χ4v) is 4.03. The van der Waals surface area contributed by atoms with Gasteiger partial charge in [0.05, 0.1) is 19.3 Å². The zero-order valence-corrected chi connectivity index (χ0v) is 15.2. The van der Waals surface area contributed by atoms with Crippen molar-refractivity contribution in [1.29, 1.82) is 0 Å². The molecule has 0 aromatic carbocycles. The summed E-state index contributed by atoms with van der Waals surface area (Å²) < 4.78 is 36.9. The number of aliphatic hydroxyl groups excluding tert-OH is 1. The van der Waals surface area contributed by atoms with Gasteiger partial charge in [-0.05, 0) is 12.8 Å². The summed E-state index contributed by atoms with van der Waals surface area (Å²) in [5, 5.41) is 9.20. The Hall–Kier alpha value is -0.720. The summed E-state index contributed by atoms with van der Waals surface area (Å²) in [4.78, 5) is 40.6. The van der Waals surface area contributed by atoms with Crippen molar-refractivity contribution in [1.82, 2.24) is 9.55 Å². The molecule has 0 spiro atoms. The molecule has 12 nitrogen and oxygen atoms in total. The molecule has 3 atom stereocenters. The highest BCUT2D eigenvalue weighted by Gasteiger charge is 2.35. The van der Waals surface area contributed by atoms with Crippen molar-refractivity contribution in [2.75, 3.05) is 6.61 Å². The molecule has 25 heavy (non-hydrogen) atoms. The summed E-state index contributed by atoms with van der Waals surface area (Å²) in [6.45, 7) is -0.850. The number of aromatic nitrogens is 2. The van der Waals surface area contributed by atoms with Crippen molar-refractivity contribution in [3.63, 3.8) is 0 Å². The Labute approximate surface area is 145 Å². The predicted octanol–water partition coefficient (Wildman–Crippen LogP) is 0.302. The zero-order valence-electron chi connectivity index (χ0n) is 12.5. The Kier molecular flexibility index (Phi) is 6.50. The van der Waals surface area contributed by atoms with E-state index in [2.05, 4.69) is 13.8 Å². The standard InChI is InChI=1S/C10H16N2O10P2S/c13-4-6-3-12(10(14)11-9(6)25)8-2-1-7(21-8)5-20-24(18,19)22-23(15,16)17/h3,7-8,13H,1-2,4-5H2,(H,18,19)(H,11,14,25)(H2,15,16,17)/t7-,8+/m0/s1. The minimum absolute atomic E-state index is 0.109. The van der Waals surface area contributed by atoms with E-state index in [1.807, 2.05) is 0 Å². The monoisotopic (exact) mass is 418 g/mol. The number of rotatable bonds is 7. The Morgan fingerprint density at radius 1 is 1.36 bits per heavy atom. The Morgan fingerprint density at radius 3 is 2.64 bits per heavy atom. The summed E-state index contributed by atoms with van der Waals surface area (Å²) in [5.74, 6) is 0. The van der Waals surface area contributed by atoms with Gasteiger partial charge in [0.2, 0.25) is 0 Å². The maximum absolute atomic E-state index is 11.9. The second kappa shape index (κ2) is 7.89.